The van der Waals surface area contributed by atoms with Crippen LogP contribution in [0.4, 0.5) is 0 Å². The van der Waals surface area contributed by atoms with Crippen LogP contribution in [-0.2, 0) is 4.79 Å². The minimum atomic E-state index is -0.997. The van der Waals surface area contributed by atoms with Gasteiger partial charge in [0.25, 0.3) is 0 Å². The molecule has 0 fully saturated rings. The van der Waals surface area contributed by atoms with Gasteiger partial charge in [-0.3, -0.25) is 4.79 Å². The smallest absolute Gasteiger partial charge is 0.324 e. The van der Waals surface area contributed by atoms with Gasteiger partial charge in [-0.25, -0.2) is 0 Å². The van der Waals surface area contributed by atoms with Crippen molar-refractivity contribution in [3.05, 3.63) is 12.2 Å². The lowest BCUT2D eigenvalue weighted by Gasteiger charge is -1.94. The number of aliphatic carboxylic acids is 1. The molecule has 0 saturated heterocycles. The van der Waals surface area contributed by atoms with Crippen molar-refractivity contribution in [1.29, 1.82) is 0 Å². The van der Waals surface area contributed by atoms with Crippen LogP contribution in [0.5, 0.6) is 0 Å². The molecule has 0 aliphatic heterocycles. The molecule has 3 nitrogen and oxygen atoms in total. The molecule has 0 aromatic rings. The first kappa shape index (κ1) is 7.17. The van der Waals surface area contributed by atoms with Gasteiger partial charge in [-0.05, 0) is 6.92 Å². The monoisotopic (exact) mass is 115 g/mol. The van der Waals surface area contributed by atoms with E-state index in [2.05, 4.69) is 0 Å². The van der Waals surface area contributed by atoms with Crippen molar-refractivity contribution < 1.29 is 9.90 Å². The predicted molar refractivity (Wildman–Crippen MR) is 30.4 cm³/mol. The SMILES string of the molecule is C/C=C/[C@@H](N)C(=O)O. The molecular weight excluding hydrogens is 106 g/mol. The Balaban J connectivity index is 3.64. The number of carboxylic acids is 1. The summed E-state index contributed by atoms with van der Waals surface area (Å²) in [6.45, 7) is 1.72. The highest BCUT2D eigenvalue weighted by Crippen LogP contribution is 1.79. The minimum absolute atomic E-state index is 0.847. The van der Waals surface area contributed by atoms with Crippen LogP contribution in [0.1, 0.15) is 6.92 Å². The van der Waals surface area contributed by atoms with Gasteiger partial charge < -0.3 is 10.8 Å². The van der Waals surface area contributed by atoms with Crippen LogP contribution in [0, 0.1) is 0 Å². The minimum Gasteiger partial charge on any atom is -0.480 e. The average Bonchev–Trinajstić information content (AvgIpc) is 1.67. The van der Waals surface area contributed by atoms with Gasteiger partial charge in [-0.15, -0.1) is 0 Å². The molecule has 0 bridgehead atoms. The van der Waals surface area contributed by atoms with Gasteiger partial charge in [0.05, 0.1) is 0 Å². The number of nitrogens with two attached hydrogens (primary N) is 1. The second-order valence-electron chi connectivity index (χ2n) is 1.39. The molecule has 0 aliphatic rings. The first-order valence-corrected chi connectivity index (χ1v) is 2.29. The zero-order valence-electron chi connectivity index (χ0n) is 4.66. The number of allylic oxidation sites excluding steroid dienone is 1. The molecule has 0 rings (SSSR count). The van der Waals surface area contributed by atoms with Crippen LogP contribution in [0.25, 0.3) is 0 Å². The molecule has 0 radical (unpaired) electrons. The molecule has 0 aromatic carbocycles. The third-order valence-electron chi connectivity index (χ3n) is 0.685. The summed E-state index contributed by atoms with van der Waals surface area (Å²) < 4.78 is 0. The van der Waals surface area contributed by atoms with Gasteiger partial charge >= 0.3 is 5.97 Å². The molecule has 0 unspecified atom stereocenters. The largest absolute Gasteiger partial charge is 0.480 e. The van der Waals surface area contributed by atoms with Crippen molar-refractivity contribution in [1.82, 2.24) is 0 Å². The molecule has 0 amide bonds. The van der Waals surface area contributed by atoms with Crippen LogP contribution in [0.3, 0.4) is 0 Å². The van der Waals surface area contributed by atoms with E-state index >= 15 is 0 Å². The lowest BCUT2D eigenvalue weighted by atomic mass is 10.3. The van der Waals surface area contributed by atoms with Crippen LogP contribution in [0.2, 0.25) is 0 Å². The van der Waals surface area contributed by atoms with E-state index in [1.54, 1.807) is 13.0 Å². The standard InChI is InChI=1S/C5H9NO2/c1-2-3-4(6)5(7)8/h2-4H,6H2,1H3,(H,7,8)/b3-2+/t4-/m1/s1. The second-order valence-corrected chi connectivity index (χ2v) is 1.39. The van der Waals surface area contributed by atoms with E-state index in [4.69, 9.17) is 10.8 Å². The van der Waals surface area contributed by atoms with E-state index in [0.29, 0.717) is 0 Å². The maximum atomic E-state index is 9.91. The van der Waals surface area contributed by atoms with Crippen molar-refractivity contribution in [2.75, 3.05) is 0 Å². The van der Waals surface area contributed by atoms with Gasteiger partial charge in [0.15, 0.2) is 0 Å². The molecule has 0 spiro atoms. The van der Waals surface area contributed by atoms with Crippen molar-refractivity contribution in [2.45, 2.75) is 13.0 Å². The Labute approximate surface area is 47.8 Å². The van der Waals surface area contributed by atoms with Crippen LogP contribution >= 0.6 is 0 Å². The molecular formula is C5H9NO2. The van der Waals surface area contributed by atoms with E-state index in [9.17, 15) is 4.79 Å². The maximum absolute atomic E-state index is 9.91. The van der Waals surface area contributed by atoms with E-state index in [0.717, 1.165) is 0 Å². The molecule has 0 aromatic heterocycles. The zero-order valence-corrected chi connectivity index (χ0v) is 4.66. The van der Waals surface area contributed by atoms with Gasteiger partial charge in [0.1, 0.15) is 6.04 Å². The fourth-order valence-corrected chi connectivity index (χ4v) is 0.290. The lowest BCUT2D eigenvalue weighted by molar-refractivity contribution is -0.137. The highest BCUT2D eigenvalue weighted by molar-refractivity contribution is 5.75. The summed E-state index contributed by atoms with van der Waals surface area (Å²) in [5.41, 5.74) is 5.04. The number of hydrogen-bond acceptors (Lipinski definition) is 2. The summed E-state index contributed by atoms with van der Waals surface area (Å²) in [5.74, 6) is -0.997. The Bertz CT molecular complexity index is 109. The van der Waals surface area contributed by atoms with E-state index in [1.165, 1.54) is 6.08 Å². The summed E-state index contributed by atoms with van der Waals surface area (Å²) in [5, 5.41) is 8.14. The Morgan fingerprint density at radius 2 is 2.38 bits per heavy atom. The molecule has 3 heteroatoms. The molecule has 0 saturated carbocycles. The van der Waals surface area contributed by atoms with Crippen LogP contribution in [0.15, 0.2) is 12.2 Å². The first-order chi connectivity index (χ1) is 3.68. The average molecular weight is 115 g/mol. The third kappa shape index (κ3) is 2.36. The zero-order chi connectivity index (χ0) is 6.57. The maximum Gasteiger partial charge on any atom is 0.324 e. The molecule has 8 heavy (non-hydrogen) atoms. The third-order valence-corrected chi connectivity index (χ3v) is 0.685. The van der Waals surface area contributed by atoms with Gasteiger partial charge in [0.2, 0.25) is 0 Å². The summed E-state index contributed by atoms with van der Waals surface area (Å²) in [6, 6.07) is -0.847. The highest BCUT2D eigenvalue weighted by atomic mass is 16.4. The number of carbonyl (C=O) groups is 1. The number of rotatable bonds is 2. The van der Waals surface area contributed by atoms with Crippen molar-refractivity contribution in [2.24, 2.45) is 5.73 Å². The molecule has 1 atom stereocenters. The van der Waals surface area contributed by atoms with E-state index in [-0.39, 0.29) is 0 Å². The lowest BCUT2D eigenvalue weighted by Crippen LogP contribution is -2.27. The normalized spacial score (nSPS) is 14.2. The number of hydrogen-bond donors (Lipinski definition) is 2. The Morgan fingerprint density at radius 3 is 2.50 bits per heavy atom. The van der Waals surface area contributed by atoms with E-state index < -0.39 is 12.0 Å². The molecule has 3 N–H and O–H groups in total. The Morgan fingerprint density at radius 1 is 1.88 bits per heavy atom. The topological polar surface area (TPSA) is 63.3 Å². The highest BCUT2D eigenvalue weighted by Gasteiger charge is 2.03. The summed E-state index contributed by atoms with van der Waals surface area (Å²) in [7, 11) is 0. The quantitative estimate of drug-likeness (QED) is 0.497. The van der Waals surface area contributed by atoms with E-state index in [1.807, 2.05) is 0 Å². The van der Waals surface area contributed by atoms with Gasteiger partial charge in [0, 0.05) is 0 Å². The van der Waals surface area contributed by atoms with Crippen molar-refractivity contribution in [3.8, 4) is 0 Å². The second kappa shape index (κ2) is 3.21. The van der Waals surface area contributed by atoms with Crippen LogP contribution in [-0.4, -0.2) is 17.1 Å². The molecule has 46 valence electrons. The number of carboxylic acid groups (broad SMARTS) is 1. The van der Waals surface area contributed by atoms with Gasteiger partial charge in [-0.2, -0.15) is 0 Å². The predicted octanol–water partition coefficient (Wildman–Crippen LogP) is -0.0256. The fraction of sp³-hybridized carbons (Fsp3) is 0.400. The van der Waals surface area contributed by atoms with Crippen molar-refractivity contribution >= 4 is 5.97 Å². The molecule has 0 heterocycles. The fourth-order valence-electron chi connectivity index (χ4n) is 0.290. The van der Waals surface area contributed by atoms with Crippen molar-refractivity contribution in [3.63, 3.8) is 0 Å². The summed E-state index contributed by atoms with van der Waals surface area (Å²) in [6.07, 6.45) is 3.03. The Hall–Kier alpha value is -0.830. The first-order valence-electron chi connectivity index (χ1n) is 2.29. The summed E-state index contributed by atoms with van der Waals surface area (Å²) >= 11 is 0. The molecule has 0 aliphatic carbocycles. The van der Waals surface area contributed by atoms with Crippen LogP contribution < -0.4 is 5.73 Å². The Kier molecular flexibility index (Phi) is 2.88. The van der Waals surface area contributed by atoms with Gasteiger partial charge in [-0.1, -0.05) is 12.2 Å². The summed E-state index contributed by atoms with van der Waals surface area (Å²) in [4.78, 5) is 9.91.